The number of hydrogen-bond acceptors (Lipinski definition) is 5. The molecule has 0 spiro atoms. The van der Waals surface area contributed by atoms with Gasteiger partial charge >= 0.3 is 0 Å². The summed E-state index contributed by atoms with van der Waals surface area (Å²) in [7, 11) is 1.49. The summed E-state index contributed by atoms with van der Waals surface area (Å²) in [5, 5.41) is 12.3. The molecule has 7 nitrogen and oxygen atoms in total. The number of methoxy groups -OCH3 is 1. The van der Waals surface area contributed by atoms with Crippen LogP contribution in [0, 0.1) is 0 Å². The summed E-state index contributed by atoms with van der Waals surface area (Å²) in [5.74, 6) is 0.0669. The first-order chi connectivity index (χ1) is 9.11. The highest BCUT2D eigenvalue weighted by Gasteiger charge is 2.12. The van der Waals surface area contributed by atoms with Gasteiger partial charge in [0, 0.05) is 5.56 Å². The molecular formula is C11H11N5O2S. The molecule has 0 saturated carbocycles. The lowest BCUT2D eigenvalue weighted by Crippen LogP contribution is -2.14. The molecule has 0 unspecified atom stereocenters. The Balaban J connectivity index is 2.25. The first kappa shape index (κ1) is 13.0. The quantitative estimate of drug-likeness (QED) is 0.710. The third-order valence-corrected chi connectivity index (χ3v) is 2.62. The Labute approximate surface area is 114 Å². The molecule has 0 aliphatic heterocycles. The molecule has 0 atom stereocenters. The van der Waals surface area contributed by atoms with Crippen LogP contribution < -0.4 is 15.8 Å². The van der Waals surface area contributed by atoms with Crippen molar-refractivity contribution in [3.8, 4) is 5.75 Å². The van der Waals surface area contributed by atoms with E-state index in [4.69, 9.17) is 22.7 Å². The molecule has 1 amide bonds. The van der Waals surface area contributed by atoms with Crippen molar-refractivity contribution in [2.45, 2.75) is 0 Å². The van der Waals surface area contributed by atoms with Gasteiger partial charge in [-0.15, -0.1) is 0 Å². The zero-order valence-electron chi connectivity index (χ0n) is 10.0. The molecule has 2 rings (SSSR count). The predicted octanol–water partition coefficient (Wildman–Crippen LogP) is 0.700. The minimum atomic E-state index is -0.393. The SMILES string of the molecule is COc1cc(C(N)=S)ccc1NC(=O)c1cn[nH]n1. The second-order valence-electron chi connectivity index (χ2n) is 3.59. The maximum absolute atomic E-state index is 11.8. The molecule has 0 fully saturated rings. The topological polar surface area (TPSA) is 106 Å². The number of thiocarbonyl (C=S) groups is 1. The summed E-state index contributed by atoms with van der Waals surface area (Å²) in [4.78, 5) is 12.1. The monoisotopic (exact) mass is 277 g/mol. The molecule has 0 radical (unpaired) electrons. The number of rotatable bonds is 4. The highest BCUT2D eigenvalue weighted by atomic mass is 32.1. The van der Waals surface area contributed by atoms with Crippen molar-refractivity contribution in [3.05, 3.63) is 35.7 Å². The lowest BCUT2D eigenvalue weighted by atomic mass is 10.2. The fourth-order valence-electron chi connectivity index (χ4n) is 1.45. The number of aromatic amines is 1. The van der Waals surface area contributed by atoms with Gasteiger partial charge in [0.25, 0.3) is 5.91 Å². The molecule has 2 aromatic rings. The lowest BCUT2D eigenvalue weighted by molar-refractivity contribution is 0.102. The summed E-state index contributed by atoms with van der Waals surface area (Å²) < 4.78 is 5.18. The van der Waals surface area contributed by atoms with E-state index in [1.54, 1.807) is 18.2 Å². The largest absolute Gasteiger partial charge is 0.495 e. The van der Waals surface area contributed by atoms with Crippen LogP contribution >= 0.6 is 12.2 Å². The molecule has 0 aliphatic rings. The average Bonchev–Trinajstić information content (AvgIpc) is 2.92. The van der Waals surface area contributed by atoms with Gasteiger partial charge in [-0.25, -0.2) is 0 Å². The molecule has 8 heteroatoms. The minimum Gasteiger partial charge on any atom is -0.495 e. The van der Waals surface area contributed by atoms with Gasteiger partial charge in [0.05, 0.1) is 19.0 Å². The zero-order valence-corrected chi connectivity index (χ0v) is 10.8. The summed E-state index contributed by atoms with van der Waals surface area (Å²) in [5.41, 5.74) is 6.87. The van der Waals surface area contributed by atoms with Crippen LogP contribution in [0.5, 0.6) is 5.75 Å². The van der Waals surface area contributed by atoms with E-state index in [1.165, 1.54) is 13.3 Å². The first-order valence-corrected chi connectivity index (χ1v) is 5.67. The lowest BCUT2D eigenvalue weighted by Gasteiger charge is -2.10. The number of ether oxygens (including phenoxy) is 1. The molecule has 98 valence electrons. The number of carbonyl (C=O) groups excluding carboxylic acids is 1. The molecule has 1 aromatic carbocycles. The Kier molecular flexibility index (Phi) is 3.71. The van der Waals surface area contributed by atoms with Crippen molar-refractivity contribution in [2.75, 3.05) is 12.4 Å². The van der Waals surface area contributed by atoms with Gasteiger partial charge in [-0.1, -0.05) is 12.2 Å². The number of hydrogen-bond donors (Lipinski definition) is 3. The smallest absolute Gasteiger partial charge is 0.277 e. The van der Waals surface area contributed by atoms with E-state index in [1.807, 2.05) is 0 Å². The maximum atomic E-state index is 11.8. The fraction of sp³-hybridized carbons (Fsp3) is 0.0909. The van der Waals surface area contributed by atoms with Gasteiger partial charge in [-0.3, -0.25) is 4.79 Å². The summed E-state index contributed by atoms with van der Waals surface area (Å²) in [6, 6.07) is 5.01. The van der Waals surface area contributed by atoms with Gasteiger partial charge in [0.1, 0.15) is 10.7 Å². The molecule has 4 N–H and O–H groups in total. The van der Waals surface area contributed by atoms with Crippen LogP contribution in [-0.2, 0) is 0 Å². The Hall–Kier alpha value is -2.48. The molecule has 0 saturated heterocycles. The third-order valence-electron chi connectivity index (χ3n) is 2.38. The second kappa shape index (κ2) is 5.44. The van der Waals surface area contributed by atoms with E-state index >= 15 is 0 Å². The summed E-state index contributed by atoms with van der Waals surface area (Å²) in [6.07, 6.45) is 1.32. The zero-order chi connectivity index (χ0) is 13.8. The molecule has 0 bridgehead atoms. The van der Waals surface area contributed by atoms with E-state index < -0.39 is 5.91 Å². The Morgan fingerprint density at radius 2 is 2.32 bits per heavy atom. The van der Waals surface area contributed by atoms with E-state index in [0.29, 0.717) is 17.0 Å². The van der Waals surface area contributed by atoms with E-state index in [9.17, 15) is 4.79 Å². The van der Waals surface area contributed by atoms with Crippen molar-refractivity contribution in [1.29, 1.82) is 0 Å². The number of aromatic nitrogens is 3. The summed E-state index contributed by atoms with van der Waals surface area (Å²) in [6.45, 7) is 0. The molecule has 19 heavy (non-hydrogen) atoms. The molecule has 0 aliphatic carbocycles. The number of nitrogens with two attached hydrogens (primary N) is 1. The van der Waals surface area contributed by atoms with Gasteiger partial charge in [-0.05, 0) is 18.2 Å². The van der Waals surface area contributed by atoms with Crippen molar-refractivity contribution < 1.29 is 9.53 Å². The van der Waals surface area contributed by atoms with Crippen LogP contribution in [0.3, 0.4) is 0 Å². The number of nitrogens with one attached hydrogen (secondary N) is 2. The van der Waals surface area contributed by atoms with E-state index in [-0.39, 0.29) is 10.7 Å². The number of anilines is 1. The highest BCUT2D eigenvalue weighted by Crippen LogP contribution is 2.25. The van der Waals surface area contributed by atoms with Crippen molar-refractivity contribution in [2.24, 2.45) is 5.73 Å². The van der Waals surface area contributed by atoms with Crippen LogP contribution in [0.4, 0.5) is 5.69 Å². The molecule has 1 aromatic heterocycles. The normalized spacial score (nSPS) is 9.95. The van der Waals surface area contributed by atoms with Crippen LogP contribution in [0.15, 0.2) is 24.4 Å². The number of carbonyl (C=O) groups is 1. The summed E-state index contributed by atoms with van der Waals surface area (Å²) >= 11 is 4.88. The Morgan fingerprint density at radius 1 is 1.53 bits per heavy atom. The first-order valence-electron chi connectivity index (χ1n) is 5.27. The van der Waals surface area contributed by atoms with Crippen LogP contribution in [0.25, 0.3) is 0 Å². The maximum Gasteiger partial charge on any atom is 0.277 e. The van der Waals surface area contributed by atoms with Crippen molar-refractivity contribution >= 4 is 28.8 Å². The van der Waals surface area contributed by atoms with E-state index in [2.05, 4.69) is 20.7 Å². The predicted molar refractivity (Wildman–Crippen MR) is 73.2 cm³/mol. The average molecular weight is 277 g/mol. The highest BCUT2D eigenvalue weighted by molar-refractivity contribution is 7.80. The minimum absolute atomic E-state index is 0.181. The van der Waals surface area contributed by atoms with Gasteiger partial charge in [0.15, 0.2) is 5.69 Å². The van der Waals surface area contributed by atoms with Crippen molar-refractivity contribution in [1.82, 2.24) is 15.4 Å². The van der Waals surface area contributed by atoms with Crippen LogP contribution in [0.2, 0.25) is 0 Å². The fourth-order valence-corrected chi connectivity index (χ4v) is 1.57. The Bertz CT molecular complexity index is 612. The second-order valence-corrected chi connectivity index (χ2v) is 4.03. The van der Waals surface area contributed by atoms with Crippen LogP contribution in [-0.4, -0.2) is 33.4 Å². The van der Waals surface area contributed by atoms with Gasteiger partial charge in [0.2, 0.25) is 0 Å². The Morgan fingerprint density at radius 3 is 2.89 bits per heavy atom. The van der Waals surface area contributed by atoms with Crippen LogP contribution in [0.1, 0.15) is 16.1 Å². The number of amides is 1. The molecular weight excluding hydrogens is 266 g/mol. The van der Waals surface area contributed by atoms with Crippen molar-refractivity contribution in [3.63, 3.8) is 0 Å². The number of benzene rings is 1. The number of nitrogens with zero attached hydrogens (tertiary/aromatic N) is 2. The van der Waals surface area contributed by atoms with Gasteiger partial charge < -0.3 is 15.8 Å². The van der Waals surface area contributed by atoms with Gasteiger partial charge in [-0.2, -0.15) is 15.4 Å². The number of H-pyrrole nitrogens is 1. The standard InChI is InChI=1S/C11H11N5O2S/c1-18-9-4-6(10(12)19)2-3-7(9)14-11(17)8-5-13-16-15-8/h2-5H,1H3,(H2,12,19)(H,14,17)(H,13,15,16). The third kappa shape index (κ3) is 2.86. The molecule has 1 heterocycles. The van der Waals surface area contributed by atoms with E-state index in [0.717, 1.165) is 0 Å².